The lowest BCUT2D eigenvalue weighted by molar-refractivity contribution is 0.0152. The van der Waals surface area contributed by atoms with Gasteiger partial charge in [0.15, 0.2) is 0 Å². The van der Waals surface area contributed by atoms with Crippen molar-refractivity contribution in [3.05, 3.63) is 41.5 Å². The molecule has 22 heavy (non-hydrogen) atoms. The van der Waals surface area contributed by atoms with E-state index in [-0.39, 0.29) is 12.1 Å². The van der Waals surface area contributed by atoms with Crippen LogP contribution in [0, 0.1) is 0 Å². The number of amides is 1. The van der Waals surface area contributed by atoms with Crippen molar-refractivity contribution in [3.63, 3.8) is 0 Å². The van der Waals surface area contributed by atoms with Crippen LogP contribution in [0.25, 0.3) is 5.57 Å². The second-order valence-corrected chi connectivity index (χ2v) is 7.07. The summed E-state index contributed by atoms with van der Waals surface area (Å²) in [6, 6.07) is 10.6. The van der Waals surface area contributed by atoms with Gasteiger partial charge in [0.05, 0.1) is 0 Å². The maximum Gasteiger partial charge on any atom is 0.410 e. The van der Waals surface area contributed by atoms with Crippen molar-refractivity contribution in [2.75, 3.05) is 6.54 Å². The highest BCUT2D eigenvalue weighted by Crippen LogP contribution is 2.30. The van der Waals surface area contributed by atoms with Crippen LogP contribution in [0.4, 0.5) is 4.79 Å². The van der Waals surface area contributed by atoms with Crippen molar-refractivity contribution >= 4 is 11.7 Å². The normalized spacial score (nSPS) is 21.5. The molecule has 0 saturated carbocycles. The van der Waals surface area contributed by atoms with Crippen molar-refractivity contribution in [1.29, 1.82) is 0 Å². The zero-order valence-electron chi connectivity index (χ0n) is 14.3. The van der Waals surface area contributed by atoms with Gasteiger partial charge in [0.25, 0.3) is 0 Å². The van der Waals surface area contributed by atoms with Gasteiger partial charge in [0.2, 0.25) is 0 Å². The van der Waals surface area contributed by atoms with E-state index in [2.05, 4.69) is 38.1 Å². The summed E-state index contributed by atoms with van der Waals surface area (Å²) in [6.07, 6.45) is 1.64. The lowest BCUT2D eigenvalue weighted by Crippen LogP contribution is -2.45. The zero-order chi connectivity index (χ0) is 16.3. The summed E-state index contributed by atoms with van der Waals surface area (Å²) in [5.41, 5.74) is 3.62. The summed E-state index contributed by atoms with van der Waals surface area (Å²) in [6.45, 7) is 10.7. The first-order chi connectivity index (χ1) is 10.3. The van der Waals surface area contributed by atoms with Crippen LogP contribution < -0.4 is 0 Å². The molecule has 1 heterocycles. The largest absolute Gasteiger partial charge is 0.444 e. The number of ether oxygens (including phenoxy) is 1. The van der Waals surface area contributed by atoms with Gasteiger partial charge in [-0.3, -0.25) is 0 Å². The van der Waals surface area contributed by atoms with E-state index in [1.165, 1.54) is 16.7 Å². The molecule has 3 nitrogen and oxygen atoms in total. The highest BCUT2D eigenvalue weighted by atomic mass is 16.6. The third-order valence-corrected chi connectivity index (χ3v) is 4.09. The highest BCUT2D eigenvalue weighted by Gasteiger charge is 2.30. The fourth-order valence-corrected chi connectivity index (χ4v) is 2.87. The van der Waals surface area contributed by atoms with E-state index in [0.717, 1.165) is 19.4 Å². The summed E-state index contributed by atoms with van der Waals surface area (Å²) in [5.74, 6) is 0. The summed E-state index contributed by atoms with van der Waals surface area (Å²) < 4.78 is 5.50. The smallest absolute Gasteiger partial charge is 0.410 e. The SMILES string of the molecule is C/C(=C1/CCN(C(=O)OC(C)(C)C)C(C)C1)c1ccccc1. The highest BCUT2D eigenvalue weighted by molar-refractivity contribution is 5.71. The van der Waals surface area contributed by atoms with Crippen LogP contribution in [-0.4, -0.2) is 29.2 Å². The maximum atomic E-state index is 12.3. The quantitative estimate of drug-likeness (QED) is 0.740. The van der Waals surface area contributed by atoms with Gasteiger partial charge < -0.3 is 9.64 Å². The number of allylic oxidation sites excluding steroid dienone is 1. The molecule has 1 aromatic carbocycles. The van der Waals surface area contributed by atoms with E-state index in [4.69, 9.17) is 4.74 Å². The Morgan fingerprint density at radius 2 is 1.86 bits per heavy atom. The number of piperidine rings is 1. The van der Waals surface area contributed by atoms with Gasteiger partial charge in [0, 0.05) is 12.6 Å². The second kappa shape index (κ2) is 6.55. The molecule has 0 aliphatic carbocycles. The molecule has 1 aliphatic rings. The number of benzene rings is 1. The Balaban J connectivity index is 2.08. The van der Waals surface area contributed by atoms with E-state index in [0.29, 0.717) is 0 Å². The van der Waals surface area contributed by atoms with Gasteiger partial charge in [-0.2, -0.15) is 0 Å². The number of rotatable bonds is 1. The van der Waals surface area contributed by atoms with Gasteiger partial charge in [-0.15, -0.1) is 0 Å². The minimum absolute atomic E-state index is 0.178. The van der Waals surface area contributed by atoms with Gasteiger partial charge in [0.1, 0.15) is 5.60 Å². The van der Waals surface area contributed by atoms with Gasteiger partial charge >= 0.3 is 6.09 Å². The Bertz CT molecular complexity index is 555. The van der Waals surface area contributed by atoms with Crippen molar-refractivity contribution < 1.29 is 9.53 Å². The molecule has 1 saturated heterocycles. The van der Waals surface area contributed by atoms with Crippen LogP contribution in [0.5, 0.6) is 0 Å². The number of nitrogens with zero attached hydrogens (tertiary/aromatic N) is 1. The molecule has 3 heteroatoms. The topological polar surface area (TPSA) is 29.5 Å². The third-order valence-electron chi connectivity index (χ3n) is 4.09. The Kier molecular flexibility index (Phi) is 4.94. The fourth-order valence-electron chi connectivity index (χ4n) is 2.87. The van der Waals surface area contributed by atoms with E-state index >= 15 is 0 Å². The average molecular weight is 301 g/mol. The monoisotopic (exact) mass is 301 g/mol. The van der Waals surface area contributed by atoms with Crippen molar-refractivity contribution in [2.24, 2.45) is 0 Å². The third kappa shape index (κ3) is 4.12. The number of hydrogen-bond acceptors (Lipinski definition) is 2. The van der Waals surface area contributed by atoms with Gasteiger partial charge in [-0.25, -0.2) is 4.79 Å². The predicted molar refractivity (Wildman–Crippen MR) is 90.7 cm³/mol. The van der Waals surface area contributed by atoms with Gasteiger partial charge in [-0.05, 0) is 58.6 Å². The van der Waals surface area contributed by atoms with Crippen LogP contribution in [0.3, 0.4) is 0 Å². The molecule has 1 fully saturated rings. The molecule has 1 aromatic rings. The molecule has 2 rings (SSSR count). The molecule has 1 unspecified atom stereocenters. The van der Waals surface area contributed by atoms with Crippen LogP contribution in [-0.2, 0) is 4.74 Å². The molecule has 0 bridgehead atoms. The standard InChI is InChI=1S/C19H27NO2/c1-14-13-17(15(2)16-9-7-6-8-10-16)11-12-20(14)18(21)22-19(3,4)5/h6-10,14H,11-13H2,1-5H3/b17-15+. The molecule has 0 spiro atoms. The molecular formula is C19H27NO2. The maximum absolute atomic E-state index is 12.3. The lowest BCUT2D eigenvalue weighted by Gasteiger charge is -2.36. The Hall–Kier alpha value is -1.77. The van der Waals surface area contributed by atoms with E-state index in [1.807, 2.05) is 31.7 Å². The summed E-state index contributed by atoms with van der Waals surface area (Å²) in [4.78, 5) is 14.1. The van der Waals surface area contributed by atoms with Crippen LogP contribution in [0.2, 0.25) is 0 Å². The van der Waals surface area contributed by atoms with E-state index in [9.17, 15) is 4.79 Å². The van der Waals surface area contributed by atoms with Crippen molar-refractivity contribution in [1.82, 2.24) is 4.90 Å². The van der Waals surface area contributed by atoms with Crippen molar-refractivity contribution in [3.8, 4) is 0 Å². The Labute approximate surface area is 134 Å². The molecule has 0 N–H and O–H groups in total. The molecule has 1 aliphatic heterocycles. The molecular weight excluding hydrogens is 274 g/mol. The molecule has 1 amide bonds. The lowest BCUT2D eigenvalue weighted by atomic mass is 9.91. The number of carbonyl (C=O) groups is 1. The summed E-state index contributed by atoms with van der Waals surface area (Å²) in [7, 11) is 0. The van der Waals surface area contributed by atoms with Gasteiger partial charge in [-0.1, -0.05) is 35.9 Å². The van der Waals surface area contributed by atoms with Crippen LogP contribution in [0.1, 0.15) is 53.0 Å². The minimum Gasteiger partial charge on any atom is -0.444 e. The van der Waals surface area contributed by atoms with Crippen LogP contribution >= 0.6 is 0 Å². The van der Waals surface area contributed by atoms with E-state index < -0.39 is 5.60 Å². The van der Waals surface area contributed by atoms with Crippen molar-refractivity contribution in [2.45, 2.75) is 59.1 Å². The molecule has 1 atom stereocenters. The van der Waals surface area contributed by atoms with Crippen LogP contribution in [0.15, 0.2) is 35.9 Å². The minimum atomic E-state index is -0.438. The number of likely N-dealkylation sites (tertiary alicyclic amines) is 1. The molecule has 120 valence electrons. The van der Waals surface area contributed by atoms with E-state index in [1.54, 1.807) is 0 Å². The second-order valence-electron chi connectivity index (χ2n) is 7.07. The predicted octanol–water partition coefficient (Wildman–Crippen LogP) is 4.88. The molecule has 0 radical (unpaired) electrons. The first-order valence-electron chi connectivity index (χ1n) is 8.01. The fraction of sp³-hybridized carbons (Fsp3) is 0.526. The Morgan fingerprint density at radius 3 is 2.41 bits per heavy atom. The first-order valence-corrected chi connectivity index (χ1v) is 8.01. The number of hydrogen-bond donors (Lipinski definition) is 0. The first kappa shape index (κ1) is 16.6. The Morgan fingerprint density at radius 1 is 1.23 bits per heavy atom. The zero-order valence-corrected chi connectivity index (χ0v) is 14.3. The summed E-state index contributed by atoms with van der Waals surface area (Å²) >= 11 is 0. The number of carbonyl (C=O) groups excluding carboxylic acids is 1. The molecule has 0 aromatic heterocycles. The average Bonchev–Trinajstić information content (AvgIpc) is 2.45. The summed E-state index contributed by atoms with van der Waals surface area (Å²) in [5, 5.41) is 0.